The van der Waals surface area contributed by atoms with Gasteiger partial charge in [0.05, 0.1) is 0 Å². The Kier molecular flexibility index (Phi) is 8.45. The molecule has 0 atom stereocenters. The van der Waals surface area contributed by atoms with Crippen molar-refractivity contribution in [3.8, 4) is 11.3 Å². The molecule has 0 saturated heterocycles. The van der Waals surface area contributed by atoms with Crippen LogP contribution in [0.25, 0.3) is 31.4 Å². The van der Waals surface area contributed by atoms with Gasteiger partial charge in [0.25, 0.3) is 11.4 Å². The van der Waals surface area contributed by atoms with Gasteiger partial charge in [-0.1, -0.05) is 58.0 Å². The van der Waals surface area contributed by atoms with Crippen LogP contribution in [-0.4, -0.2) is 21.6 Å². The predicted octanol–water partition coefficient (Wildman–Crippen LogP) is 9.40. The van der Waals surface area contributed by atoms with E-state index in [9.17, 15) is 0 Å². The van der Waals surface area contributed by atoms with Gasteiger partial charge >= 0.3 is 6.01 Å². The number of pyridine rings is 1. The Morgan fingerprint density at radius 2 is 1.59 bits per heavy atom. The molecule has 5 heteroatoms. The molecular formula is C36H31IrN3S. The molecule has 0 saturated carbocycles. The second kappa shape index (κ2) is 12.0. The third-order valence-electron chi connectivity index (χ3n) is 7.27. The second-order valence-electron chi connectivity index (χ2n) is 10.5. The second-order valence-corrected chi connectivity index (χ2v) is 11.5. The topological polar surface area (TPSA) is 18.9 Å². The number of fused-ring (bicyclic) bond motifs is 4. The van der Waals surface area contributed by atoms with Gasteiger partial charge in [0.15, 0.2) is 6.04 Å². The van der Waals surface area contributed by atoms with Gasteiger partial charge in [0.2, 0.25) is 0 Å². The first-order valence-electron chi connectivity index (χ1n) is 13.6. The van der Waals surface area contributed by atoms with E-state index in [1.165, 1.54) is 42.6 Å². The molecule has 2 aromatic heterocycles. The first-order chi connectivity index (χ1) is 19.4. The summed E-state index contributed by atoms with van der Waals surface area (Å²) < 4.78 is 6.94. The van der Waals surface area contributed by atoms with E-state index in [-0.39, 0.29) is 20.1 Å². The summed E-state index contributed by atoms with van der Waals surface area (Å²) in [6, 6.07) is 40.1. The Morgan fingerprint density at radius 3 is 2.32 bits per heavy atom. The average Bonchev–Trinajstić information content (AvgIpc) is 3.55. The quantitative estimate of drug-likeness (QED) is 0.131. The summed E-state index contributed by atoms with van der Waals surface area (Å²) in [6.07, 6.45) is 1.92. The molecule has 6 aromatic rings. The Bertz CT molecular complexity index is 1940. The van der Waals surface area contributed by atoms with Gasteiger partial charge in [-0.25, -0.2) is 0 Å². The molecule has 0 N–H and O–H groups in total. The maximum absolute atomic E-state index is 4.41. The van der Waals surface area contributed by atoms with E-state index in [0.717, 1.165) is 22.6 Å². The van der Waals surface area contributed by atoms with Gasteiger partial charge < -0.3 is 4.98 Å². The fourth-order valence-corrected chi connectivity index (χ4v) is 6.10. The number of rotatable bonds is 3. The summed E-state index contributed by atoms with van der Waals surface area (Å²) in [4.78, 5) is 4.41. The number of hydrogen-bond donors (Lipinski definition) is 0. The first kappa shape index (κ1) is 28.8. The van der Waals surface area contributed by atoms with Gasteiger partial charge in [0.1, 0.15) is 5.69 Å². The van der Waals surface area contributed by atoms with Crippen LogP contribution >= 0.6 is 11.3 Å². The van der Waals surface area contributed by atoms with Crippen LogP contribution in [-0.2, 0) is 20.1 Å². The largest absolute Gasteiger partial charge is 0.494 e. The molecule has 1 radical (unpaired) electrons. The molecule has 0 aliphatic carbocycles. The van der Waals surface area contributed by atoms with Crippen molar-refractivity contribution < 1.29 is 24.7 Å². The molecule has 205 valence electrons. The van der Waals surface area contributed by atoms with E-state index < -0.39 is 0 Å². The van der Waals surface area contributed by atoms with Crippen LogP contribution in [0.5, 0.6) is 0 Å². The molecule has 41 heavy (non-hydrogen) atoms. The Balaban J connectivity index is 0.000000182. The summed E-state index contributed by atoms with van der Waals surface area (Å²) in [5.74, 6) is 0. The third kappa shape index (κ3) is 5.60. The van der Waals surface area contributed by atoms with E-state index in [0.29, 0.717) is 6.04 Å². The minimum Gasteiger partial charge on any atom is -0.304 e. The molecule has 0 spiro atoms. The maximum Gasteiger partial charge on any atom is 0.494 e. The van der Waals surface area contributed by atoms with E-state index in [4.69, 9.17) is 0 Å². The SMILES string of the molecule is CC(C)[N+]1=C=[N+](c2[c-]ccc3c2sc2ccccc23)c2ccccc21.Cc1c[c-]c(-c2cc(C)c(C)cn2)cc1.[Ir]. The van der Waals surface area contributed by atoms with Crippen molar-refractivity contribution in [2.24, 2.45) is 0 Å². The van der Waals surface area contributed by atoms with Crippen molar-refractivity contribution in [3.05, 3.63) is 120 Å². The van der Waals surface area contributed by atoms with Crippen molar-refractivity contribution in [2.75, 3.05) is 0 Å². The van der Waals surface area contributed by atoms with Crippen LogP contribution in [0.3, 0.4) is 0 Å². The number of aromatic nitrogens is 1. The minimum absolute atomic E-state index is 0. The average molecular weight is 730 g/mol. The van der Waals surface area contributed by atoms with E-state index >= 15 is 0 Å². The molecule has 0 bridgehead atoms. The minimum atomic E-state index is 0. The molecule has 3 nitrogen and oxygen atoms in total. The van der Waals surface area contributed by atoms with Gasteiger partial charge in [-0.3, -0.25) is 0 Å². The van der Waals surface area contributed by atoms with Crippen LogP contribution in [0.1, 0.15) is 30.5 Å². The van der Waals surface area contributed by atoms with Crippen LogP contribution in [0.2, 0.25) is 0 Å². The van der Waals surface area contributed by atoms with Crippen LogP contribution in [0.15, 0.2) is 91.1 Å². The number of hydrogen-bond acceptors (Lipinski definition) is 2. The summed E-state index contributed by atoms with van der Waals surface area (Å²) >= 11 is 1.83. The summed E-state index contributed by atoms with van der Waals surface area (Å²) in [5.41, 5.74) is 9.22. The molecule has 0 unspecified atom stereocenters. The van der Waals surface area contributed by atoms with Crippen LogP contribution in [0.4, 0.5) is 17.1 Å². The third-order valence-corrected chi connectivity index (χ3v) is 8.46. The summed E-state index contributed by atoms with van der Waals surface area (Å²) in [6.45, 7) is 10.6. The number of benzene rings is 4. The summed E-state index contributed by atoms with van der Waals surface area (Å²) in [7, 11) is 0. The molecule has 4 aromatic carbocycles. The molecule has 7 rings (SSSR count). The van der Waals surface area contributed by atoms with Gasteiger partial charge in [-0.15, -0.1) is 46.8 Å². The monoisotopic (exact) mass is 730 g/mol. The van der Waals surface area contributed by atoms with Crippen molar-refractivity contribution in [3.63, 3.8) is 0 Å². The van der Waals surface area contributed by atoms with Crippen molar-refractivity contribution in [1.82, 2.24) is 9.56 Å². The predicted molar refractivity (Wildman–Crippen MR) is 169 cm³/mol. The van der Waals surface area contributed by atoms with E-state index in [1.54, 1.807) is 0 Å². The van der Waals surface area contributed by atoms with Crippen LogP contribution in [0, 0.1) is 32.9 Å². The normalized spacial score (nSPS) is 12.0. The zero-order valence-corrected chi connectivity index (χ0v) is 27.0. The summed E-state index contributed by atoms with van der Waals surface area (Å²) in [5, 5.41) is 2.60. The molecule has 1 aliphatic rings. The van der Waals surface area contributed by atoms with Crippen molar-refractivity contribution in [1.29, 1.82) is 0 Å². The number of aryl methyl sites for hydroxylation is 3. The Morgan fingerprint density at radius 1 is 0.829 bits per heavy atom. The zero-order valence-electron chi connectivity index (χ0n) is 23.8. The van der Waals surface area contributed by atoms with Gasteiger partial charge in [-0.05, 0) is 55.1 Å². The Hall–Kier alpha value is -3.72. The Labute approximate surface area is 259 Å². The van der Waals surface area contributed by atoms with Gasteiger partial charge in [0, 0.05) is 43.1 Å². The molecule has 3 heterocycles. The standard InChI is InChI=1S/C22H17N2S.C14H14N.Ir/c1-15(2)23-14-24(19-11-5-4-10-18(19)23)20-12-7-9-17-16-8-3-6-13-21(16)25-22(17)20;1-10-4-6-13(7-5-10)14-8-11(2)12(3)9-15-14;/h3-11,13,15H,1-2H3;4-6,8-9H,1-3H3;/q+1;-1;. The number of thiophene rings is 1. The van der Waals surface area contributed by atoms with E-state index in [2.05, 4.69) is 140 Å². The fraction of sp³-hybridized carbons (Fsp3) is 0.167. The number of nitrogens with zero attached hydrogens (tertiary/aromatic N) is 3. The molecular weight excluding hydrogens is 699 g/mol. The molecule has 0 fully saturated rings. The van der Waals surface area contributed by atoms with Crippen molar-refractivity contribution >= 4 is 54.6 Å². The molecule has 0 amide bonds. The van der Waals surface area contributed by atoms with Crippen molar-refractivity contribution in [2.45, 2.75) is 40.7 Å². The van der Waals surface area contributed by atoms with Gasteiger partial charge in [-0.2, -0.15) is 23.5 Å². The first-order valence-corrected chi connectivity index (χ1v) is 14.4. The zero-order chi connectivity index (χ0) is 27.8. The van der Waals surface area contributed by atoms with Crippen LogP contribution < -0.4 is 4.58 Å². The smallest absolute Gasteiger partial charge is 0.304 e. The number of para-hydroxylation sites is 2. The molecule has 1 aliphatic heterocycles. The maximum atomic E-state index is 4.41. The fourth-order valence-electron chi connectivity index (χ4n) is 4.91. The van der Waals surface area contributed by atoms with E-state index in [1.807, 2.05) is 29.7 Å².